The molecule has 0 bridgehead atoms. The van der Waals surface area contributed by atoms with Crippen molar-refractivity contribution in [2.24, 2.45) is 0 Å². The summed E-state index contributed by atoms with van der Waals surface area (Å²) >= 11 is 5.63. The van der Waals surface area contributed by atoms with Crippen LogP contribution in [0, 0.1) is 0 Å². The SMILES string of the molecule is CCN(CC)CCSc1ccc(CNC(C)(C)C)c(Br)c1. The van der Waals surface area contributed by atoms with Crippen LogP contribution >= 0.6 is 27.7 Å². The predicted molar refractivity (Wildman–Crippen MR) is 99.2 cm³/mol. The van der Waals surface area contributed by atoms with Gasteiger partial charge in [0.05, 0.1) is 0 Å². The second-order valence-corrected chi connectivity index (χ2v) is 8.25. The van der Waals surface area contributed by atoms with Crippen molar-refractivity contribution in [3.63, 3.8) is 0 Å². The van der Waals surface area contributed by atoms with E-state index in [1.54, 1.807) is 0 Å². The summed E-state index contributed by atoms with van der Waals surface area (Å²) < 4.78 is 1.20. The summed E-state index contributed by atoms with van der Waals surface area (Å²) in [6.45, 7) is 15.4. The van der Waals surface area contributed by atoms with Crippen LogP contribution in [0.1, 0.15) is 40.2 Å². The Kier molecular flexibility index (Phi) is 8.32. The fourth-order valence-corrected chi connectivity index (χ4v) is 3.58. The normalized spacial score (nSPS) is 12.1. The second-order valence-electron chi connectivity index (χ2n) is 6.23. The second kappa shape index (κ2) is 9.19. The number of hydrogen-bond donors (Lipinski definition) is 1. The minimum Gasteiger partial charge on any atom is -0.308 e. The highest BCUT2D eigenvalue weighted by Gasteiger charge is 2.10. The molecule has 0 unspecified atom stereocenters. The third kappa shape index (κ3) is 7.68. The average molecular weight is 373 g/mol. The molecule has 0 amide bonds. The van der Waals surface area contributed by atoms with Crippen LogP contribution in [0.5, 0.6) is 0 Å². The highest BCUT2D eigenvalue weighted by molar-refractivity contribution is 9.10. The van der Waals surface area contributed by atoms with E-state index in [1.165, 1.54) is 14.9 Å². The summed E-state index contributed by atoms with van der Waals surface area (Å²) in [7, 11) is 0. The lowest BCUT2D eigenvalue weighted by Gasteiger charge is -2.21. The number of halogens is 1. The van der Waals surface area contributed by atoms with Gasteiger partial charge in [0.15, 0.2) is 0 Å². The largest absolute Gasteiger partial charge is 0.308 e. The van der Waals surface area contributed by atoms with Gasteiger partial charge >= 0.3 is 0 Å². The highest BCUT2D eigenvalue weighted by atomic mass is 79.9. The number of rotatable bonds is 8. The van der Waals surface area contributed by atoms with E-state index in [0.29, 0.717) is 0 Å². The summed E-state index contributed by atoms with van der Waals surface area (Å²) in [5.74, 6) is 1.15. The van der Waals surface area contributed by atoms with E-state index in [0.717, 1.165) is 31.9 Å². The Morgan fingerprint density at radius 3 is 2.38 bits per heavy atom. The van der Waals surface area contributed by atoms with Gasteiger partial charge in [0.2, 0.25) is 0 Å². The van der Waals surface area contributed by atoms with Crippen LogP contribution in [0.25, 0.3) is 0 Å². The topological polar surface area (TPSA) is 15.3 Å². The number of nitrogens with one attached hydrogen (secondary N) is 1. The Labute approximate surface area is 143 Å². The summed E-state index contributed by atoms with van der Waals surface area (Å²) in [4.78, 5) is 3.80. The Morgan fingerprint density at radius 2 is 1.86 bits per heavy atom. The summed E-state index contributed by atoms with van der Waals surface area (Å²) in [6.07, 6.45) is 0. The molecule has 0 aromatic heterocycles. The highest BCUT2D eigenvalue weighted by Crippen LogP contribution is 2.25. The van der Waals surface area contributed by atoms with Crippen LogP contribution in [-0.4, -0.2) is 35.8 Å². The molecular formula is C17H29BrN2S. The van der Waals surface area contributed by atoms with E-state index in [-0.39, 0.29) is 5.54 Å². The van der Waals surface area contributed by atoms with E-state index in [4.69, 9.17) is 0 Å². The van der Waals surface area contributed by atoms with E-state index in [1.807, 2.05) is 11.8 Å². The van der Waals surface area contributed by atoms with Gasteiger partial charge in [-0.3, -0.25) is 0 Å². The van der Waals surface area contributed by atoms with Gasteiger partial charge in [-0.15, -0.1) is 11.8 Å². The molecule has 1 rings (SSSR count). The smallest absolute Gasteiger partial charge is 0.0231 e. The average Bonchev–Trinajstić information content (AvgIpc) is 2.41. The zero-order chi connectivity index (χ0) is 15.9. The molecule has 0 aliphatic heterocycles. The van der Waals surface area contributed by atoms with Crippen LogP contribution in [0.2, 0.25) is 0 Å². The van der Waals surface area contributed by atoms with Crippen molar-refractivity contribution in [1.82, 2.24) is 10.2 Å². The van der Waals surface area contributed by atoms with E-state index < -0.39 is 0 Å². The molecule has 0 radical (unpaired) electrons. The first kappa shape index (κ1) is 19.0. The monoisotopic (exact) mass is 372 g/mol. The molecule has 120 valence electrons. The van der Waals surface area contributed by atoms with Crippen molar-refractivity contribution in [3.8, 4) is 0 Å². The number of hydrogen-bond acceptors (Lipinski definition) is 3. The molecular weight excluding hydrogens is 344 g/mol. The summed E-state index contributed by atoms with van der Waals surface area (Å²) in [6, 6.07) is 6.70. The fraction of sp³-hybridized carbons (Fsp3) is 0.647. The maximum atomic E-state index is 3.70. The first-order chi connectivity index (χ1) is 9.85. The molecule has 4 heteroatoms. The van der Waals surface area contributed by atoms with Crippen molar-refractivity contribution in [3.05, 3.63) is 28.2 Å². The zero-order valence-corrected chi connectivity index (χ0v) is 16.4. The van der Waals surface area contributed by atoms with Crippen LogP contribution in [0.3, 0.4) is 0 Å². The molecule has 0 saturated heterocycles. The molecule has 0 saturated carbocycles. The molecule has 0 atom stereocenters. The minimum atomic E-state index is 0.149. The van der Waals surface area contributed by atoms with Gasteiger partial charge in [-0.2, -0.15) is 0 Å². The third-order valence-electron chi connectivity index (χ3n) is 3.40. The third-order valence-corrected chi connectivity index (χ3v) is 5.12. The van der Waals surface area contributed by atoms with Gasteiger partial charge in [-0.05, 0) is 51.6 Å². The lowest BCUT2D eigenvalue weighted by molar-refractivity contribution is 0.324. The van der Waals surface area contributed by atoms with Gasteiger partial charge in [0.25, 0.3) is 0 Å². The standard InChI is InChI=1S/C17H29BrN2S/c1-6-20(7-2)10-11-21-15-9-8-14(16(18)12-15)13-19-17(3,4)5/h8-9,12,19H,6-7,10-11,13H2,1-5H3. The maximum absolute atomic E-state index is 3.70. The molecule has 1 aromatic rings. The van der Waals surface area contributed by atoms with Gasteiger partial charge in [0, 0.05) is 33.7 Å². The van der Waals surface area contributed by atoms with Crippen molar-refractivity contribution in [1.29, 1.82) is 0 Å². The molecule has 1 N–H and O–H groups in total. The van der Waals surface area contributed by atoms with Gasteiger partial charge in [0.1, 0.15) is 0 Å². The van der Waals surface area contributed by atoms with Gasteiger partial charge < -0.3 is 10.2 Å². The van der Waals surface area contributed by atoms with Crippen molar-refractivity contribution >= 4 is 27.7 Å². The Hall–Kier alpha value is -0.0300. The minimum absolute atomic E-state index is 0.149. The first-order valence-corrected chi connectivity index (χ1v) is 9.52. The van der Waals surface area contributed by atoms with Crippen LogP contribution in [0.4, 0.5) is 0 Å². The number of benzene rings is 1. The predicted octanol–water partition coefficient (Wildman–Crippen LogP) is 4.77. The molecule has 21 heavy (non-hydrogen) atoms. The van der Waals surface area contributed by atoms with Crippen LogP contribution in [-0.2, 0) is 6.54 Å². The Bertz CT molecular complexity index is 425. The van der Waals surface area contributed by atoms with Crippen molar-refractivity contribution < 1.29 is 0 Å². The van der Waals surface area contributed by atoms with E-state index in [2.05, 4.69) is 79.0 Å². The number of thioether (sulfide) groups is 1. The molecule has 0 fully saturated rings. The quantitative estimate of drug-likeness (QED) is 0.661. The molecule has 1 aromatic carbocycles. The van der Waals surface area contributed by atoms with Crippen molar-refractivity contribution in [2.45, 2.75) is 51.6 Å². The summed E-state index contributed by atoms with van der Waals surface area (Å²) in [5.41, 5.74) is 1.47. The van der Waals surface area contributed by atoms with Crippen LogP contribution < -0.4 is 5.32 Å². The van der Waals surface area contributed by atoms with Crippen LogP contribution in [0.15, 0.2) is 27.6 Å². The van der Waals surface area contributed by atoms with Gasteiger partial charge in [-0.1, -0.05) is 35.8 Å². The van der Waals surface area contributed by atoms with Gasteiger partial charge in [-0.25, -0.2) is 0 Å². The molecule has 0 spiro atoms. The lowest BCUT2D eigenvalue weighted by atomic mass is 10.1. The molecule has 0 aliphatic carbocycles. The molecule has 0 heterocycles. The summed E-state index contributed by atoms with van der Waals surface area (Å²) in [5, 5.41) is 3.53. The van der Waals surface area contributed by atoms with E-state index >= 15 is 0 Å². The Balaban J connectivity index is 2.50. The number of nitrogens with zero attached hydrogens (tertiary/aromatic N) is 1. The maximum Gasteiger partial charge on any atom is 0.0231 e. The van der Waals surface area contributed by atoms with Crippen molar-refractivity contribution in [2.75, 3.05) is 25.4 Å². The molecule has 0 aliphatic rings. The molecule has 2 nitrogen and oxygen atoms in total. The fourth-order valence-electron chi connectivity index (χ4n) is 1.95. The van der Waals surface area contributed by atoms with E-state index in [9.17, 15) is 0 Å². The Morgan fingerprint density at radius 1 is 1.19 bits per heavy atom. The zero-order valence-electron chi connectivity index (χ0n) is 14.0. The first-order valence-electron chi connectivity index (χ1n) is 7.74. The lowest BCUT2D eigenvalue weighted by Crippen LogP contribution is -2.35.